The predicted molar refractivity (Wildman–Crippen MR) is 157 cm³/mol. The average molecular weight is 526 g/mol. The number of carbonyl (C=O) groups is 1. The number of hydrogen-bond donors (Lipinski definition) is 2. The number of nitrogens with two attached hydrogens (primary N) is 2. The summed E-state index contributed by atoms with van der Waals surface area (Å²) in [5, 5.41) is 0.199. The lowest BCUT2D eigenvalue weighted by Crippen LogP contribution is -2.09. The highest BCUT2D eigenvalue weighted by Gasteiger charge is 2.24. The van der Waals surface area contributed by atoms with Crippen molar-refractivity contribution in [2.24, 2.45) is 0 Å². The summed E-state index contributed by atoms with van der Waals surface area (Å²) in [5.74, 6) is 0.590. The fraction of sp³-hybridized carbons (Fsp3) is 0.387. The molecule has 36 heavy (non-hydrogen) atoms. The second kappa shape index (κ2) is 10.9. The van der Waals surface area contributed by atoms with Gasteiger partial charge in [-0.05, 0) is 105 Å². The first-order chi connectivity index (χ1) is 16.7. The van der Waals surface area contributed by atoms with Gasteiger partial charge in [0.1, 0.15) is 0 Å². The van der Waals surface area contributed by atoms with Crippen LogP contribution < -0.4 is 11.5 Å². The molecule has 0 heterocycles. The average Bonchev–Trinajstić information content (AvgIpc) is 2.78. The summed E-state index contributed by atoms with van der Waals surface area (Å²) in [6.07, 6.45) is 3.43. The highest BCUT2D eigenvalue weighted by Crippen LogP contribution is 2.41. The Morgan fingerprint density at radius 1 is 0.611 bits per heavy atom. The molecule has 0 saturated heterocycles. The Hall–Kier alpha value is -2.49. The zero-order valence-corrected chi connectivity index (χ0v) is 24.1. The molecule has 0 atom stereocenters. The molecule has 3 rings (SSSR count). The summed E-state index contributed by atoms with van der Waals surface area (Å²) >= 11 is 12.7. The lowest BCUT2D eigenvalue weighted by atomic mass is 9.82. The number of ketones is 1. The molecule has 0 aliphatic heterocycles. The summed E-state index contributed by atoms with van der Waals surface area (Å²) in [6, 6.07) is 8.65. The third-order valence-corrected chi connectivity index (χ3v) is 7.40. The molecule has 2 aromatic carbocycles. The zero-order chi connectivity index (χ0) is 27.1. The maximum atomic E-state index is 12.4. The molecule has 1 aliphatic rings. The van der Waals surface area contributed by atoms with Crippen LogP contribution in [-0.4, -0.2) is 5.78 Å². The van der Waals surface area contributed by atoms with E-state index in [1.54, 1.807) is 12.2 Å². The second-order valence-electron chi connectivity index (χ2n) is 10.9. The van der Waals surface area contributed by atoms with E-state index in [-0.39, 0.29) is 39.5 Å². The van der Waals surface area contributed by atoms with Crippen molar-refractivity contribution < 1.29 is 4.79 Å². The van der Waals surface area contributed by atoms with Crippen LogP contribution in [0.2, 0.25) is 0 Å². The highest BCUT2D eigenvalue weighted by molar-refractivity contribution is 6.55. The number of anilines is 2. The van der Waals surface area contributed by atoms with Gasteiger partial charge in [-0.3, -0.25) is 4.79 Å². The van der Waals surface area contributed by atoms with E-state index >= 15 is 0 Å². The molecule has 0 bridgehead atoms. The van der Waals surface area contributed by atoms with E-state index in [0.29, 0.717) is 0 Å². The minimum Gasteiger partial charge on any atom is -0.398 e. The zero-order valence-electron chi connectivity index (χ0n) is 22.6. The first kappa shape index (κ1) is 28.1. The molecule has 3 nitrogen and oxygen atoms in total. The Kier molecular flexibility index (Phi) is 8.48. The third kappa shape index (κ3) is 5.43. The van der Waals surface area contributed by atoms with Gasteiger partial charge in [0.05, 0.1) is 10.1 Å². The van der Waals surface area contributed by atoms with Crippen molar-refractivity contribution in [3.8, 4) is 0 Å². The number of halogens is 2. The summed E-state index contributed by atoms with van der Waals surface area (Å²) in [7, 11) is 0. The van der Waals surface area contributed by atoms with E-state index in [0.717, 1.165) is 55.9 Å². The van der Waals surface area contributed by atoms with Gasteiger partial charge >= 0.3 is 0 Å². The van der Waals surface area contributed by atoms with E-state index in [2.05, 4.69) is 79.7 Å². The molecule has 5 heteroatoms. The van der Waals surface area contributed by atoms with Gasteiger partial charge in [-0.25, -0.2) is 0 Å². The third-order valence-electron chi connectivity index (χ3n) is 6.84. The van der Waals surface area contributed by atoms with Crippen molar-refractivity contribution in [2.75, 3.05) is 11.5 Å². The number of hydrogen-bond acceptors (Lipinski definition) is 3. The molecule has 1 aliphatic carbocycles. The van der Waals surface area contributed by atoms with Crippen molar-refractivity contribution in [1.82, 2.24) is 0 Å². The maximum Gasteiger partial charge on any atom is 0.215 e. The van der Waals surface area contributed by atoms with Crippen LogP contribution in [0.1, 0.15) is 112 Å². The number of carbonyl (C=O) groups excluding carboxylic acids is 1. The smallest absolute Gasteiger partial charge is 0.215 e. The van der Waals surface area contributed by atoms with Crippen molar-refractivity contribution >= 4 is 45.9 Å². The van der Waals surface area contributed by atoms with Crippen molar-refractivity contribution in [2.45, 2.75) is 79.1 Å². The molecule has 0 unspecified atom stereocenters. The molecular weight excluding hydrogens is 487 g/mol. The molecule has 4 N–H and O–H groups in total. The van der Waals surface area contributed by atoms with Gasteiger partial charge in [-0.2, -0.15) is 0 Å². The lowest BCUT2D eigenvalue weighted by Gasteiger charge is -2.24. The van der Waals surface area contributed by atoms with E-state index in [1.165, 1.54) is 0 Å². The van der Waals surface area contributed by atoms with E-state index in [1.807, 2.05) is 0 Å². The fourth-order valence-corrected chi connectivity index (χ4v) is 5.29. The Morgan fingerprint density at radius 2 is 0.889 bits per heavy atom. The first-order valence-electron chi connectivity index (χ1n) is 12.6. The largest absolute Gasteiger partial charge is 0.398 e. The summed E-state index contributed by atoms with van der Waals surface area (Å²) in [6.45, 7) is 17.2. The molecule has 2 aromatic rings. The van der Waals surface area contributed by atoms with Gasteiger partial charge in [-0.15, -0.1) is 0 Å². The van der Waals surface area contributed by atoms with Crippen LogP contribution in [0, 0.1) is 0 Å². The normalized spacial score (nSPS) is 14.3. The van der Waals surface area contributed by atoms with Crippen molar-refractivity contribution in [3.63, 3.8) is 0 Å². The lowest BCUT2D eigenvalue weighted by molar-refractivity contribution is -0.111. The number of allylic oxidation sites excluding steroid dienone is 5. The van der Waals surface area contributed by atoms with Gasteiger partial charge in [0.25, 0.3) is 0 Å². The van der Waals surface area contributed by atoms with Crippen LogP contribution in [0.4, 0.5) is 11.4 Å². The van der Waals surface area contributed by atoms with Crippen LogP contribution in [-0.2, 0) is 4.79 Å². The minimum absolute atomic E-state index is 0.0993. The van der Waals surface area contributed by atoms with Gasteiger partial charge < -0.3 is 11.5 Å². The Balaban J connectivity index is 2.52. The Labute approximate surface area is 226 Å². The van der Waals surface area contributed by atoms with E-state index < -0.39 is 0 Å². The SMILES string of the molecule is CC(C)c1cc(C(=C2C=C(Cl)C(=O)C(Cl)=C2)c2cc(C(C)C)c(N)c(C(C)C)c2)cc(C(C)C)c1N. The van der Waals surface area contributed by atoms with Crippen molar-refractivity contribution in [3.05, 3.63) is 85.4 Å². The quantitative estimate of drug-likeness (QED) is 0.370. The predicted octanol–water partition coefficient (Wildman–Crippen LogP) is 8.97. The van der Waals surface area contributed by atoms with Crippen LogP contribution in [0.25, 0.3) is 5.57 Å². The molecule has 0 saturated carbocycles. The topological polar surface area (TPSA) is 69.1 Å². The number of nitrogen functional groups attached to an aromatic ring is 2. The monoisotopic (exact) mass is 524 g/mol. The first-order valence-corrected chi connectivity index (χ1v) is 13.4. The number of benzene rings is 2. The van der Waals surface area contributed by atoms with Gasteiger partial charge in [-0.1, -0.05) is 78.6 Å². The second-order valence-corrected chi connectivity index (χ2v) is 11.7. The standard InChI is InChI=1S/C31H38Cl2N2O/c1-15(2)22-9-19(10-23(16(3)4)29(22)34)28(21-13-26(32)31(36)27(33)14-21)20-11-24(17(5)6)30(35)25(12-20)18(7)8/h9-18H,34-35H2,1-8H3. The van der Waals surface area contributed by atoms with E-state index in [4.69, 9.17) is 34.7 Å². The maximum absolute atomic E-state index is 12.4. The summed E-state index contributed by atoms with van der Waals surface area (Å²) < 4.78 is 0. The van der Waals surface area contributed by atoms with Crippen LogP contribution in [0.3, 0.4) is 0 Å². The van der Waals surface area contributed by atoms with Crippen LogP contribution in [0.5, 0.6) is 0 Å². The molecule has 0 fully saturated rings. The molecule has 0 spiro atoms. The van der Waals surface area contributed by atoms with Gasteiger partial charge in [0.2, 0.25) is 5.78 Å². The number of Topliss-reactive ketones (excluding diaryl/α,β-unsaturated/α-hetero) is 1. The van der Waals surface area contributed by atoms with Crippen LogP contribution >= 0.6 is 23.2 Å². The molecule has 0 amide bonds. The minimum atomic E-state index is -0.368. The number of rotatable bonds is 6. The molecule has 0 radical (unpaired) electrons. The molecule has 0 aromatic heterocycles. The summed E-state index contributed by atoms with van der Waals surface area (Å²) in [4.78, 5) is 12.4. The molecular formula is C31H38Cl2N2O. The van der Waals surface area contributed by atoms with Gasteiger partial charge in [0, 0.05) is 11.4 Å². The fourth-order valence-electron chi connectivity index (χ4n) is 4.80. The highest BCUT2D eigenvalue weighted by atomic mass is 35.5. The van der Waals surface area contributed by atoms with E-state index in [9.17, 15) is 4.79 Å². The van der Waals surface area contributed by atoms with Crippen LogP contribution in [0.15, 0.2) is 52.1 Å². The Bertz CT molecular complexity index is 1140. The van der Waals surface area contributed by atoms with Gasteiger partial charge in [0.15, 0.2) is 0 Å². The Morgan fingerprint density at radius 3 is 1.14 bits per heavy atom. The summed E-state index contributed by atoms with van der Waals surface area (Å²) in [5.41, 5.74) is 23.1. The molecule has 192 valence electrons. The van der Waals surface area contributed by atoms with Crippen molar-refractivity contribution in [1.29, 1.82) is 0 Å².